The van der Waals surface area contributed by atoms with Gasteiger partial charge in [-0.2, -0.15) is 0 Å². The summed E-state index contributed by atoms with van der Waals surface area (Å²) in [4.78, 5) is 14.5. The number of aromatic nitrogens is 4. The molecule has 8 nitrogen and oxygen atoms in total. The molecule has 1 amide bonds. The number of aliphatic hydroxyl groups excluding tert-OH is 1. The summed E-state index contributed by atoms with van der Waals surface area (Å²) >= 11 is 1.62. The van der Waals surface area contributed by atoms with Crippen LogP contribution in [0.15, 0.2) is 5.16 Å². The summed E-state index contributed by atoms with van der Waals surface area (Å²) in [6.45, 7) is 0. The Balaban J connectivity index is 1.38. The number of methoxy groups -OCH3 is 1. The topological polar surface area (TPSA) is 93.4 Å². The number of carbonyl (C=O) groups excluding carboxylic acids is 1. The number of hydrogen-bond donors (Lipinski definition) is 1. The first kappa shape index (κ1) is 21.5. The van der Waals surface area contributed by atoms with Crippen LogP contribution in [-0.4, -0.2) is 74.3 Å². The zero-order chi connectivity index (χ0) is 19.9. The quantitative estimate of drug-likeness (QED) is 0.519. The van der Waals surface area contributed by atoms with E-state index in [0.29, 0.717) is 18.6 Å². The highest BCUT2D eigenvalue weighted by Gasteiger charge is 2.26. The van der Waals surface area contributed by atoms with Gasteiger partial charge in [-0.3, -0.25) is 4.79 Å². The molecule has 0 spiro atoms. The fourth-order valence-electron chi connectivity index (χ4n) is 4.25. The fraction of sp³-hybridized carbons (Fsp3) is 0.895. The van der Waals surface area contributed by atoms with Crippen LogP contribution in [0.3, 0.4) is 0 Å². The second kappa shape index (κ2) is 10.5. The second-order valence-electron chi connectivity index (χ2n) is 7.99. The highest BCUT2D eigenvalue weighted by atomic mass is 32.2. The molecule has 0 bridgehead atoms. The van der Waals surface area contributed by atoms with Crippen LogP contribution in [0.2, 0.25) is 0 Å². The molecule has 158 valence electrons. The number of ether oxygens (including phenoxy) is 1. The molecule has 0 saturated heterocycles. The van der Waals surface area contributed by atoms with Crippen molar-refractivity contribution < 1.29 is 14.6 Å². The van der Waals surface area contributed by atoms with Crippen molar-refractivity contribution in [2.45, 2.75) is 93.7 Å². The van der Waals surface area contributed by atoms with Gasteiger partial charge in [-0.25, -0.2) is 4.68 Å². The highest BCUT2D eigenvalue weighted by Crippen LogP contribution is 2.31. The summed E-state index contributed by atoms with van der Waals surface area (Å²) in [6.07, 6.45) is 9.12. The molecule has 0 radical (unpaired) electrons. The molecule has 3 rings (SSSR count). The number of hydrogen-bond acceptors (Lipinski definition) is 7. The Morgan fingerprint density at radius 2 is 1.93 bits per heavy atom. The van der Waals surface area contributed by atoms with Gasteiger partial charge in [0.1, 0.15) is 0 Å². The summed E-state index contributed by atoms with van der Waals surface area (Å²) in [5, 5.41) is 22.6. The largest absolute Gasteiger partial charge is 0.393 e. The normalized spacial score (nSPS) is 28.2. The number of tetrazole rings is 1. The third-order valence-corrected chi connectivity index (χ3v) is 7.18. The molecule has 2 aliphatic rings. The van der Waals surface area contributed by atoms with Crippen LogP contribution in [0.5, 0.6) is 0 Å². The molecule has 1 aromatic rings. The first-order chi connectivity index (χ1) is 13.6. The Hall–Kier alpha value is -1.19. The maximum absolute atomic E-state index is 12.5. The zero-order valence-corrected chi connectivity index (χ0v) is 17.8. The predicted molar refractivity (Wildman–Crippen MR) is 107 cm³/mol. The smallest absolute Gasteiger partial charge is 0.222 e. The van der Waals surface area contributed by atoms with E-state index in [4.69, 9.17) is 4.74 Å². The molecular formula is C19H33N5O3S. The van der Waals surface area contributed by atoms with Crippen LogP contribution in [0, 0.1) is 0 Å². The van der Waals surface area contributed by atoms with Crippen molar-refractivity contribution in [3.05, 3.63) is 0 Å². The van der Waals surface area contributed by atoms with Gasteiger partial charge in [-0.1, -0.05) is 11.8 Å². The third kappa shape index (κ3) is 5.67. The monoisotopic (exact) mass is 411 g/mol. The van der Waals surface area contributed by atoms with Gasteiger partial charge in [0, 0.05) is 32.4 Å². The standard InChI is InChI=1S/C19H33N5O3S/c1-23(14-7-11-17(27-2)12-8-14)18(26)4-3-13-28-19-20-21-22-24(19)15-5-9-16(25)10-6-15/h14-17,25H,3-13H2,1-2H3. The first-order valence-electron chi connectivity index (χ1n) is 10.5. The van der Waals surface area contributed by atoms with E-state index >= 15 is 0 Å². The van der Waals surface area contributed by atoms with Crippen molar-refractivity contribution in [3.8, 4) is 0 Å². The summed E-state index contributed by atoms with van der Waals surface area (Å²) in [5.41, 5.74) is 0. The summed E-state index contributed by atoms with van der Waals surface area (Å²) in [6, 6.07) is 0.622. The average molecular weight is 412 g/mol. The van der Waals surface area contributed by atoms with Crippen LogP contribution in [0.1, 0.15) is 70.3 Å². The van der Waals surface area contributed by atoms with Crippen LogP contribution in [0.4, 0.5) is 0 Å². The lowest BCUT2D eigenvalue weighted by Gasteiger charge is -2.34. The lowest BCUT2D eigenvalue weighted by atomic mass is 9.92. The number of amides is 1. The molecule has 1 heterocycles. The van der Waals surface area contributed by atoms with Crippen LogP contribution in [-0.2, 0) is 9.53 Å². The molecule has 2 aliphatic carbocycles. The number of rotatable bonds is 8. The van der Waals surface area contributed by atoms with E-state index in [2.05, 4.69) is 15.5 Å². The van der Waals surface area contributed by atoms with Crippen molar-refractivity contribution in [1.29, 1.82) is 0 Å². The van der Waals surface area contributed by atoms with Crippen LogP contribution >= 0.6 is 11.8 Å². The number of carbonyl (C=O) groups is 1. The van der Waals surface area contributed by atoms with Gasteiger partial charge in [0.25, 0.3) is 0 Å². The van der Waals surface area contributed by atoms with Crippen LogP contribution < -0.4 is 0 Å². The Kier molecular flexibility index (Phi) is 8.11. The highest BCUT2D eigenvalue weighted by molar-refractivity contribution is 7.99. The summed E-state index contributed by atoms with van der Waals surface area (Å²) in [5.74, 6) is 1.05. The SMILES string of the molecule is COC1CCC(N(C)C(=O)CCCSc2nnnn2C2CCC(O)CC2)CC1. The van der Waals surface area contributed by atoms with Crippen molar-refractivity contribution in [3.63, 3.8) is 0 Å². The van der Waals surface area contributed by atoms with Crippen LogP contribution in [0.25, 0.3) is 0 Å². The molecule has 0 aromatic carbocycles. The minimum atomic E-state index is -0.184. The molecule has 2 saturated carbocycles. The van der Waals surface area contributed by atoms with Gasteiger partial charge in [0.2, 0.25) is 11.1 Å². The first-order valence-corrected chi connectivity index (χ1v) is 11.4. The number of aliphatic hydroxyl groups is 1. The Morgan fingerprint density at radius 3 is 2.61 bits per heavy atom. The van der Waals surface area contributed by atoms with Gasteiger partial charge in [-0.05, 0) is 68.2 Å². The van der Waals surface area contributed by atoms with E-state index in [1.165, 1.54) is 0 Å². The van der Waals surface area contributed by atoms with Gasteiger partial charge in [-0.15, -0.1) is 5.10 Å². The summed E-state index contributed by atoms with van der Waals surface area (Å²) in [7, 11) is 3.71. The van der Waals surface area contributed by atoms with E-state index in [9.17, 15) is 9.90 Å². The van der Waals surface area contributed by atoms with Gasteiger partial charge in [0.05, 0.1) is 18.2 Å². The maximum Gasteiger partial charge on any atom is 0.222 e. The maximum atomic E-state index is 12.5. The summed E-state index contributed by atoms with van der Waals surface area (Å²) < 4.78 is 7.32. The minimum absolute atomic E-state index is 0.184. The minimum Gasteiger partial charge on any atom is -0.393 e. The Bertz CT molecular complexity index is 612. The number of nitrogens with zero attached hydrogens (tertiary/aromatic N) is 5. The molecule has 28 heavy (non-hydrogen) atoms. The molecule has 1 N–H and O–H groups in total. The molecule has 0 unspecified atom stereocenters. The van der Waals surface area contributed by atoms with E-state index in [1.807, 2.05) is 16.6 Å². The van der Waals surface area contributed by atoms with Gasteiger partial charge < -0.3 is 14.7 Å². The third-order valence-electron chi connectivity index (χ3n) is 6.16. The van der Waals surface area contributed by atoms with Crippen molar-refractivity contribution in [2.24, 2.45) is 0 Å². The lowest BCUT2D eigenvalue weighted by molar-refractivity contribution is -0.133. The van der Waals surface area contributed by atoms with E-state index in [1.54, 1.807) is 18.9 Å². The van der Waals surface area contributed by atoms with Crippen molar-refractivity contribution >= 4 is 17.7 Å². The zero-order valence-electron chi connectivity index (χ0n) is 17.0. The molecular weight excluding hydrogens is 378 g/mol. The van der Waals surface area contributed by atoms with Crippen molar-refractivity contribution in [1.82, 2.24) is 25.1 Å². The molecule has 2 fully saturated rings. The van der Waals surface area contributed by atoms with Gasteiger partial charge in [0.15, 0.2) is 0 Å². The molecule has 0 atom stereocenters. The predicted octanol–water partition coefficient (Wildman–Crippen LogP) is 2.44. The van der Waals surface area contributed by atoms with Crippen molar-refractivity contribution in [2.75, 3.05) is 19.9 Å². The van der Waals surface area contributed by atoms with E-state index < -0.39 is 0 Å². The molecule has 1 aromatic heterocycles. The fourth-order valence-corrected chi connectivity index (χ4v) is 5.13. The average Bonchev–Trinajstić information content (AvgIpc) is 3.19. The molecule has 9 heteroatoms. The van der Waals surface area contributed by atoms with E-state index in [0.717, 1.165) is 68.7 Å². The second-order valence-corrected chi connectivity index (χ2v) is 9.05. The van der Waals surface area contributed by atoms with Gasteiger partial charge >= 0.3 is 0 Å². The van der Waals surface area contributed by atoms with E-state index in [-0.39, 0.29) is 18.1 Å². The Labute approximate surface area is 171 Å². The Morgan fingerprint density at radius 1 is 1.21 bits per heavy atom. The molecule has 0 aliphatic heterocycles. The lowest BCUT2D eigenvalue weighted by Crippen LogP contribution is -2.40. The number of thioether (sulfide) groups is 1.